The summed E-state index contributed by atoms with van der Waals surface area (Å²) in [5, 5.41) is 8.39. The molecular formula is C21H23N3. The van der Waals surface area contributed by atoms with Crippen LogP contribution in [-0.4, -0.2) is 9.78 Å². The Morgan fingerprint density at radius 2 is 1.67 bits per heavy atom. The fraction of sp³-hybridized carbons (Fsp3) is 0.286. The SMILES string of the molecule is c1ccc(CN[C@H]2CCCc3c2cnn3Cc2ccccc2)cc1. The first kappa shape index (κ1) is 15.2. The second-order valence-electron chi connectivity index (χ2n) is 6.50. The quantitative estimate of drug-likeness (QED) is 0.768. The van der Waals surface area contributed by atoms with E-state index >= 15 is 0 Å². The Kier molecular flexibility index (Phi) is 4.43. The number of nitrogens with zero attached hydrogens (tertiary/aromatic N) is 2. The minimum absolute atomic E-state index is 0.415. The first-order valence-corrected chi connectivity index (χ1v) is 8.76. The summed E-state index contributed by atoms with van der Waals surface area (Å²) in [4.78, 5) is 0. The number of fused-ring (bicyclic) bond motifs is 1. The van der Waals surface area contributed by atoms with E-state index in [1.54, 1.807) is 0 Å². The lowest BCUT2D eigenvalue weighted by molar-refractivity contribution is 0.449. The second kappa shape index (κ2) is 7.02. The lowest BCUT2D eigenvalue weighted by Gasteiger charge is -2.24. The standard InChI is InChI=1S/C21H23N3/c1-3-8-17(9-4-1)14-22-20-12-7-13-21-19(20)15-23-24(21)16-18-10-5-2-6-11-18/h1-6,8-11,15,20,22H,7,12-14,16H2/t20-/m0/s1. The summed E-state index contributed by atoms with van der Waals surface area (Å²) in [6.07, 6.45) is 5.61. The van der Waals surface area contributed by atoms with Crippen molar-refractivity contribution in [1.82, 2.24) is 15.1 Å². The highest BCUT2D eigenvalue weighted by Crippen LogP contribution is 2.30. The molecule has 3 heteroatoms. The molecule has 3 aromatic rings. The van der Waals surface area contributed by atoms with Crippen LogP contribution in [0.3, 0.4) is 0 Å². The van der Waals surface area contributed by atoms with E-state index in [2.05, 4.69) is 82.0 Å². The number of rotatable bonds is 5. The highest BCUT2D eigenvalue weighted by atomic mass is 15.3. The molecule has 122 valence electrons. The van der Waals surface area contributed by atoms with Gasteiger partial charge in [0.25, 0.3) is 0 Å². The summed E-state index contributed by atoms with van der Waals surface area (Å²) in [6, 6.07) is 21.6. The molecule has 1 aliphatic carbocycles. The van der Waals surface area contributed by atoms with Crippen LogP contribution in [0.4, 0.5) is 0 Å². The third-order valence-electron chi connectivity index (χ3n) is 4.83. The Labute approximate surface area is 143 Å². The van der Waals surface area contributed by atoms with Gasteiger partial charge < -0.3 is 5.32 Å². The monoisotopic (exact) mass is 317 g/mol. The van der Waals surface area contributed by atoms with Crippen LogP contribution in [0.25, 0.3) is 0 Å². The van der Waals surface area contributed by atoms with Crippen LogP contribution in [-0.2, 0) is 19.5 Å². The van der Waals surface area contributed by atoms with Gasteiger partial charge in [-0.2, -0.15) is 5.10 Å². The predicted octanol–water partition coefficient (Wildman–Crippen LogP) is 4.10. The van der Waals surface area contributed by atoms with Crippen molar-refractivity contribution in [3.63, 3.8) is 0 Å². The number of benzene rings is 2. The molecule has 1 heterocycles. The average Bonchev–Trinajstić information content (AvgIpc) is 3.05. The average molecular weight is 317 g/mol. The molecular weight excluding hydrogens is 294 g/mol. The normalized spacial score (nSPS) is 16.8. The van der Waals surface area contributed by atoms with Gasteiger partial charge in [0.05, 0.1) is 12.7 Å². The summed E-state index contributed by atoms with van der Waals surface area (Å²) >= 11 is 0. The van der Waals surface area contributed by atoms with Crippen LogP contribution in [0.2, 0.25) is 0 Å². The maximum atomic E-state index is 4.67. The molecule has 3 nitrogen and oxygen atoms in total. The summed E-state index contributed by atoms with van der Waals surface area (Å²) in [5.74, 6) is 0. The number of hydrogen-bond acceptors (Lipinski definition) is 2. The highest BCUT2D eigenvalue weighted by molar-refractivity contribution is 5.27. The highest BCUT2D eigenvalue weighted by Gasteiger charge is 2.23. The van der Waals surface area contributed by atoms with Gasteiger partial charge in [-0.05, 0) is 30.4 Å². The first-order valence-electron chi connectivity index (χ1n) is 8.76. The van der Waals surface area contributed by atoms with Crippen molar-refractivity contribution in [2.75, 3.05) is 0 Å². The zero-order valence-corrected chi connectivity index (χ0v) is 13.9. The fourth-order valence-corrected chi connectivity index (χ4v) is 3.56. The Morgan fingerprint density at radius 3 is 2.42 bits per heavy atom. The molecule has 0 saturated carbocycles. The van der Waals surface area contributed by atoms with E-state index in [0.29, 0.717) is 6.04 Å². The zero-order chi connectivity index (χ0) is 16.2. The third kappa shape index (κ3) is 3.26. The molecule has 0 fully saturated rings. The lowest BCUT2D eigenvalue weighted by atomic mass is 9.92. The van der Waals surface area contributed by atoms with E-state index in [1.807, 2.05) is 0 Å². The van der Waals surface area contributed by atoms with Gasteiger partial charge in [-0.1, -0.05) is 60.7 Å². The fourth-order valence-electron chi connectivity index (χ4n) is 3.56. The van der Waals surface area contributed by atoms with Crippen LogP contribution in [0.15, 0.2) is 66.9 Å². The van der Waals surface area contributed by atoms with E-state index < -0.39 is 0 Å². The van der Waals surface area contributed by atoms with Gasteiger partial charge in [0.2, 0.25) is 0 Å². The van der Waals surface area contributed by atoms with Crippen molar-refractivity contribution in [3.05, 3.63) is 89.2 Å². The van der Waals surface area contributed by atoms with E-state index in [9.17, 15) is 0 Å². The van der Waals surface area contributed by atoms with Crippen molar-refractivity contribution in [1.29, 1.82) is 0 Å². The molecule has 2 aromatic carbocycles. The summed E-state index contributed by atoms with van der Waals surface area (Å²) in [6.45, 7) is 1.77. The molecule has 1 atom stereocenters. The maximum absolute atomic E-state index is 4.67. The van der Waals surface area contributed by atoms with Crippen LogP contribution >= 0.6 is 0 Å². The molecule has 1 N–H and O–H groups in total. The van der Waals surface area contributed by atoms with Crippen molar-refractivity contribution in [2.24, 2.45) is 0 Å². The Bertz CT molecular complexity index is 777. The van der Waals surface area contributed by atoms with Gasteiger partial charge >= 0.3 is 0 Å². The summed E-state index contributed by atoms with van der Waals surface area (Å²) in [7, 11) is 0. The molecule has 4 rings (SSSR count). The first-order chi connectivity index (χ1) is 11.9. The van der Waals surface area contributed by atoms with Gasteiger partial charge in [0.1, 0.15) is 0 Å². The largest absolute Gasteiger partial charge is 0.306 e. The van der Waals surface area contributed by atoms with Crippen molar-refractivity contribution < 1.29 is 0 Å². The number of aromatic nitrogens is 2. The van der Waals surface area contributed by atoms with Gasteiger partial charge in [-0.25, -0.2) is 0 Å². The molecule has 0 bridgehead atoms. The van der Waals surface area contributed by atoms with Crippen LogP contribution < -0.4 is 5.32 Å². The van der Waals surface area contributed by atoms with E-state index in [0.717, 1.165) is 19.5 Å². The third-order valence-corrected chi connectivity index (χ3v) is 4.83. The zero-order valence-electron chi connectivity index (χ0n) is 13.9. The molecule has 0 radical (unpaired) electrons. The Morgan fingerprint density at radius 1 is 0.958 bits per heavy atom. The van der Waals surface area contributed by atoms with E-state index in [-0.39, 0.29) is 0 Å². The number of nitrogens with one attached hydrogen (secondary N) is 1. The van der Waals surface area contributed by atoms with E-state index in [1.165, 1.54) is 35.2 Å². The summed E-state index contributed by atoms with van der Waals surface area (Å²) < 4.78 is 2.18. The van der Waals surface area contributed by atoms with E-state index in [4.69, 9.17) is 0 Å². The molecule has 0 unspecified atom stereocenters. The van der Waals surface area contributed by atoms with Gasteiger partial charge in [0.15, 0.2) is 0 Å². The molecule has 0 aliphatic heterocycles. The topological polar surface area (TPSA) is 29.9 Å². The van der Waals surface area contributed by atoms with Crippen LogP contribution in [0.1, 0.15) is 41.3 Å². The molecule has 1 aromatic heterocycles. The second-order valence-corrected chi connectivity index (χ2v) is 6.50. The van der Waals surface area contributed by atoms with Crippen molar-refractivity contribution >= 4 is 0 Å². The lowest BCUT2D eigenvalue weighted by Crippen LogP contribution is -2.25. The number of hydrogen-bond donors (Lipinski definition) is 1. The van der Waals surface area contributed by atoms with Crippen molar-refractivity contribution in [3.8, 4) is 0 Å². The minimum atomic E-state index is 0.415. The molecule has 24 heavy (non-hydrogen) atoms. The maximum Gasteiger partial charge on any atom is 0.0662 e. The Hall–Kier alpha value is -2.39. The molecule has 1 aliphatic rings. The molecule has 0 amide bonds. The van der Waals surface area contributed by atoms with Gasteiger partial charge in [-0.3, -0.25) is 4.68 Å². The van der Waals surface area contributed by atoms with Gasteiger partial charge in [0, 0.05) is 23.8 Å². The van der Waals surface area contributed by atoms with Crippen molar-refractivity contribution in [2.45, 2.75) is 38.4 Å². The predicted molar refractivity (Wildman–Crippen MR) is 96.7 cm³/mol. The van der Waals surface area contributed by atoms with Gasteiger partial charge in [-0.15, -0.1) is 0 Å². The smallest absolute Gasteiger partial charge is 0.0662 e. The van der Waals surface area contributed by atoms with Crippen LogP contribution in [0, 0.1) is 0 Å². The van der Waals surface area contributed by atoms with Crippen LogP contribution in [0.5, 0.6) is 0 Å². The summed E-state index contributed by atoms with van der Waals surface area (Å²) in [5.41, 5.74) is 5.42. The molecule has 0 spiro atoms. The molecule has 0 saturated heterocycles. The minimum Gasteiger partial charge on any atom is -0.306 e. The Balaban J connectivity index is 1.49.